The minimum Gasteiger partial charge on any atom is -0.507 e. The average molecular weight is 356 g/mol. The fourth-order valence-electron chi connectivity index (χ4n) is 1.98. The molecule has 7 nitrogen and oxygen atoms in total. The molecule has 0 aliphatic rings. The highest BCUT2D eigenvalue weighted by atomic mass is 16.6. The SMILES string of the molecule is CC(C)OC(=O)COc1ccc(/C=N/NC(=O)c2ccccc2O)cc1. The van der Waals surface area contributed by atoms with Gasteiger partial charge in [-0.15, -0.1) is 0 Å². The summed E-state index contributed by atoms with van der Waals surface area (Å²) in [4.78, 5) is 23.3. The molecule has 0 radical (unpaired) electrons. The molecule has 0 aromatic heterocycles. The summed E-state index contributed by atoms with van der Waals surface area (Å²) in [6.45, 7) is 3.37. The van der Waals surface area contributed by atoms with E-state index in [2.05, 4.69) is 10.5 Å². The molecule has 2 aromatic rings. The maximum atomic E-state index is 11.9. The van der Waals surface area contributed by atoms with Gasteiger partial charge in [0.1, 0.15) is 11.5 Å². The van der Waals surface area contributed by atoms with Crippen molar-refractivity contribution in [3.63, 3.8) is 0 Å². The van der Waals surface area contributed by atoms with E-state index in [0.29, 0.717) is 5.75 Å². The van der Waals surface area contributed by atoms with E-state index in [1.54, 1.807) is 50.2 Å². The summed E-state index contributed by atoms with van der Waals surface area (Å²) in [7, 11) is 0. The van der Waals surface area contributed by atoms with Crippen LogP contribution in [0.2, 0.25) is 0 Å². The number of ether oxygens (including phenoxy) is 2. The normalized spacial score (nSPS) is 10.7. The number of nitrogens with one attached hydrogen (secondary N) is 1. The second-order valence-electron chi connectivity index (χ2n) is 5.61. The Morgan fingerprint density at radius 3 is 2.50 bits per heavy atom. The molecule has 1 amide bonds. The van der Waals surface area contributed by atoms with Crippen LogP contribution < -0.4 is 10.2 Å². The lowest BCUT2D eigenvalue weighted by molar-refractivity contribution is -0.149. The number of phenolic OH excluding ortho intramolecular Hbond substituents is 1. The molecule has 2 aromatic carbocycles. The molecule has 2 rings (SSSR count). The van der Waals surface area contributed by atoms with Crippen LogP contribution in [0.1, 0.15) is 29.8 Å². The van der Waals surface area contributed by atoms with E-state index in [1.807, 2.05) is 0 Å². The molecule has 0 heterocycles. The molecule has 0 bridgehead atoms. The zero-order chi connectivity index (χ0) is 18.9. The summed E-state index contributed by atoms with van der Waals surface area (Å²) in [5, 5.41) is 13.5. The van der Waals surface area contributed by atoms with E-state index in [4.69, 9.17) is 9.47 Å². The number of amides is 1. The zero-order valence-electron chi connectivity index (χ0n) is 14.5. The monoisotopic (exact) mass is 356 g/mol. The van der Waals surface area contributed by atoms with Crippen LogP contribution in [-0.2, 0) is 9.53 Å². The molecule has 0 aliphatic carbocycles. The molecule has 26 heavy (non-hydrogen) atoms. The number of phenols is 1. The predicted molar refractivity (Wildman–Crippen MR) is 96.3 cm³/mol. The Morgan fingerprint density at radius 1 is 1.15 bits per heavy atom. The third-order valence-electron chi connectivity index (χ3n) is 3.13. The summed E-state index contributed by atoms with van der Waals surface area (Å²) in [6.07, 6.45) is 1.27. The molecule has 0 fully saturated rings. The quantitative estimate of drug-likeness (QED) is 0.451. The van der Waals surface area contributed by atoms with E-state index in [0.717, 1.165) is 5.56 Å². The van der Waals surface area contributed by atoms with Gasteiger partial charge in [-0.2, -0.15) is 5.10 Å². The number of benzene rings is 2. The van der Waals surface area contributed by atoms with Crippen LogP contribution in [0, 0.1) is 0 Å². The first-order chi connectivity index (χ1) is 12.5. The second kappa shape index (κ2) is 9.22. The summed E-state index contributed by atoms with van der Waals surface area (Å²) in [6, 6.07) is 13.0. The molecule has 7 heteroatoms. The minimum absolute atomic E-state index is 0.113. The van der Waals surface area contributed by atoms with Crippen molar-refractivity contribution >= 4 is 18.1 Å². The Kier molecular flexibility index (Phi) is 6.73. The van der Waals surface area contributed by atoms with E-state index in [-0.39, 0.29) is 24.0 Å². The lowest BCUT2D eigenvalue weighted by atomic mass is 10.2. The maximum Gasteiger partial charge on any atom is 0.344 e. The van der Waals surface area contributed by atoms with Gasteiger partial charge in [0.25, 0.3) is 5.91 Å². The molecule has 2 N–H and O–H groups in total. The van der Waals surface area contributed by atoms with Crippen molar-refractivity contribution in [1.29, 1.82) is 0 Å². The molecular formula is C19H20N2O5. The van der Waals surface area contributed by atoms with Crippen molar-refractivity contribution in [3.05, 3.63) is 59.7 Å². The molecule has 0 atom stereocenters. The van der Waals surface area contributed by atoms with Gasteiger partial charge in [-0.25, -0.2) is 10.2 Å². The van der Waals surface area contributed by atoms with E-state index in [1.165, 1.54) is 18.3 Å². The molecule has 0 aliphatic heterocycles. The molecule has 0 unspecified atom stereocenters. The first-order valence-corrected chi connectivity index (χ1v) is 7.99. The summed E-state index contributed by atoms with van der Waals surface area (Å²) < 4.78 is 10.3. The van der Waals surface area contributed by atoms with E-state index >= 15 is 0 Å². The molecule has 0 spiro atoms. The van der Waals surface area contributed by atoms with Crippen molar-refractivity contribution in [2.24, 2.45) is 5.10 Å². The Labute approximate surface area is 151 Å². The van der Waals surface area contributed by atoms with Gasteiger partial charge in [0, 0.05) is 0 Å². The van der Waals surface area contributed by atoms with Crippen molar-refractivity contribution in [1.82, 2.24) is 5.43 Å². The number of hydrogen-bond donors (Lipinski definition) is 2. The van der Waals surface area contributed by atoms with Crippen molar-refractivity contribution in [2.45, 2.75) is 20.0 Å². The Bertz CT molecular complexity index is 785. The molecule has 136 valence electrons. The van der Waals surface area contributed by atoms with Crippen molar-refractivity contribution in [3.8, 4) is 11.5 Å². The van der Waals surface area contributed by atoms with E-state index < -0.39 is 11.9 Å². The molecule has 0 saturated carbocycles. The fourth-order valence-corrected chi connectivity index (χ4v) is 1.98. The smallest absolute Gasteiger partial charge is 0.344 e. The lowest BCUT2D eigenvalue weighted by Gasteiger charge is -2.09. The number of aromatic hydroxyl groups is 1. The van der Waals surface area contributed by atoms with Gasteiger partial charge < -0.3 is 14.6 Å². The third kappa shape index (κ3) is 5.94. The van der Waals surface area contributed by atoms with Crippen LogP contribution in [0.3, 0.4) is 0 Å². The van der Waals surface area contributed by atoms with Gasteiger partial charge in [0.2, 0.25) is 0 Å². The number of carbonyl (C=O) groups excluding carboxylic acids is 2. The Hall–Kier alpha value is -3.35. The average Bonchev–Trinajstić information content (AvgIpc) is 2.61. The van der Waals surface area contributed by atoms with Gasteiger partial charge in [0.15, 0.2) is 6.61 Å². The first kappa shape index (κ1) is 19.0. The third-order valence-corrected chi connectivity index (χ3v) is 3.13. The fraction of sp³-hybridized carbons (Fsp3) is 0.211. The highest BCUT2D eigenvalue weighted by Gasteiger charge is 2.08. The topological polar surface area (TPSA) is 97.2 Å². The van der Waals surface area contributed by atoms with Crippen LogP contribution in [0.25, 0.3) is 0 Å². The summed E-state index contributed by atoms with van der Waals surface area (Å²) in [5.74, 6) is -0.542. The standard InChI is InChI=1S/C19H20N2O5/c1-13(2)26-18(23)12-25-15-9-7-14(8-10-15)11-20-21-19(24)16-5-3-4-6-17(16)22/h3-11,13,22H,12H2,1-2H3,(H,21,24)/b20-11+. The maximum absolute atomic E-state index is 11.9. The molecular weight excluding hydrogens is 336 g/mol. The largest absolute Gasteiger partial charge is 0.507 e. The number of hydrogen-bond acceptors (Lipinski definition) is 6. The highest BCUT2D eigenvalue weighted by Crippen LogP contribution is 2.15. The number of carbonyl (C=O) groups is 2. The predicted octanol–water partition coefficient (Wildman–Crippen LogP) is 2.49. The lowest BCUT2D eigenvalue weighted by Crippen LogP contribution is -2.18. The highest BCUT2D eigenvalue weighted by molar-refractivity contribution is 5.97. The van der Waals surface area contributed by atoms with Gasteiger partial charge in [-0.3, -0.25) is 4.79 Å². The number of para-hydroxylation sites is 1. The van der Waals surface area contributed by atoms with Crippen molar-refractivity contribution < 1.29 is 24.2 Å². The molecule has 0 saturated heterocycles. The number of hydrazone groups is 1. The van der Waals surface area contributed by atoms with Gasteiger partial charge in [0.05, 0.1) is 17.9 Å². The number of esters is 1. The summed E-state index contributed by atoms with van der Waals surface area (Å²) >= 11 is 0. The van der Waals surface area contributed by atoms with Gasteiger partial charge >= 0.3 is 5.97 Å². The van der Waals surface area contributed by atoms with Gasteiger partial charge in [-0.05, 0) is 55.8 Å². The number of nitrogens with zero attached hydrogens (tertiary/aromatic N) is 1. The minimum atomic E-state index is -0.511. The second-order valence-corrected chi connectivity index (χ2v) is 5.61. The van der Waals surface area contributed by atoms with Gasteiger partial charge in [-0.1, -0.05) is 12.1 Å². The number of rotatable bonds is 7. The Balaban J connectivity index is 1.85. The Morgan fingerprint density at radius 2 is 1.85 bits per heavy atom. The summed E-state index contributed by atoms with van der Waals surface area (Å²) in [5.41, 5.74) is 3.20. The van der Waals surface area contributed by atoms with Crippen LogP contribution in [0.15, 0.2) is 53.6 Å². The van der Waals surface area contributed by atoms with Crippen molar-refractivity contribution in [2.75, 3.05) is 6.61 Å². The van der Waals surface area contributed by atoms with E-state index in [9.17, 15) is 14.7 Å². The zero-order valence-corrected chi connectivity index (χ0v) is 14.5. The first-order valence-electron chi connectivity index (χ1n) is 7.99. The van der Waals surface area contributed by atoms with Crippen LogP contribution >= 0.6 is 0 Å². The van der Waals surface area contributed by atoms with Crippen LogP contribution in [-0.4, -0.2) is 35.9 Å². The van der Waals surface area contributed by atoms with Crippen LogP contribution in [0.4, 0.5) is 0 Å². The van der Waals surface area contributed by atoms with Crippen LogP contribution in [0.5, 0.6) is 11.5 Å².